The number of amides is 1. The summed E-state index contributed by atoms with van der Waals surface area (Å²) < 4.78 is 0. The van der Waals surface area contributed by atoms with Crippen molar-refractivity contribution in [1.29, 1.82) is 0 Å². The Kier molecular flexibility index (Phi) is 6.63. The number of carbonyl (C=O) groups excluding carboxylic acids is 1. The fourth-order valence-electron chi connectivity index (χ4n) is 2.00. The molecule has 0 aliphatic carbocycles. The summed E-state index contributed by atoms with van der Waals surface area (Å²) in [5, 5.41) is 6.98. The van der Waals surface area contributed by atoms with Gasteiger partial charge in [0.1, 0.15) is 0 Å². The van der Waals surface area contributed by atoms with Gasteiger partial charge in [0.05, 0.1) is 5.92 Å². The first-order chi connectivity index (χ1) is 8.69. The monoisotopic (exact) mass is 302 g/mol. The first-order valence-corrected chi connectivity index (χ1v) is 6.82. The highest BCUT2D eigenvalue weighted by molar-refractivity contribution is 6.30. The molecule has 1 atom stereocenters. The molecule has 19 heavy (non-hydrogen) atoms. The van der Waals surface area contributed by atoms with E-state index in [9.17, 15) is 4.79 Å². The van der Waals surface area contributed by atoms with E-state index in [1.54, 1.807) is 0 Å². The van der Waals surface area contributed by atoms with Crippen molar-refractivity contribution in [2.45, 2.75) is 25.8 Å². The van der Waals surface area contributed by atoms with Crippen LogP contribution in [-0.2, 0) is 11.2 Å². The number of carbonyl (C=O) groups is 1. The lowest BCUT2D eigenvalue weighted by atomic mass is 9.99. The van der Waals surface area contributed by atoms with Gasteiger partial charge in [-0.1, -0.05) is 30.7 Å². The maximum atomic E-state index is 11.9. The molecule has 1 heterocycles. The molecule has 2 N–H and O–H groups in total. The van der Waals surface area contributed by atoms with Crippen LogP contribution >= 0.6 is 24.0 Å². The number of nitrogens with one attached hydrogen (secondary N) is 2. The molecule has 1 aromatic carbocycles. The molecule has 0 radical (unpaired) electrons. The number of hydrogen-bond donors (Lipinski definition) is 2. The molecule has 1 aromatic rings. The highest BCUT2D eigenvalue weighted by Gasteiger charge is 2.26. The minimum Gasteiger partial charge on any atom is -0.353 e. The van der Waals surface area contributed by atoms with Crippen LogP contribution < -0.4 is 10.6 Å². The lowest BCUT2D eigenvalue weighted by Crippen LogP contribution is -2.53. The van der Waals surface area contributed by atoms with Gasteiger partial charge in [0.15, 0.2) is 0 Å². The van der Waals surface area contributed by atoms with Crippen molar-refractivity contribution >= 4 is 29.9 Å². The standard InChI is InChI=1S/C14H19ClN2O.ClH/c1-2-13(17-14(18)11-8-16-9-11)7-10-3-5-12(15)6-4-10;/h3-6,11,13,16H,2,7-9H2,1H3,(H,17,18);1H. The first kappa shape index (κ1) is 16.3. The van der Waals surface area contributed by atoms with Crippen molar-refractivity contribution in [3.8, 4) is 0 Å². The average molecular weight is 303 g/mol. The molecular formula is C14H20Cl2N2O. The second-order valence-corrected chi connectivity index (χ2v) is 5.24. The lowest BCUT2D eigenvalue weighted by molar-refractivity contribution is -0.127. The third-order valence-corrected chi connectivity index (χ3v) is 3.64. The maximum absolute atomic E-state index is 11.9. The highest BCUT2D eigenvalue weighted by atomic mass is 35.5. The highest BCUT2D eigenvalue weighted by Crippen LogP contribution is 2.12. The van der Waals surface area contributed by atoms with Crippen molar-refractivity contribution in [2.75, 3.05) is 13.1 Å². The van der Waals surface area contributed by atoms with Gasteiger partial charge in [-0.15, -0.1) is 12.4 Å². The van der Waals surface area contributed by atoms with Gasteiger partial charge in [0.2, 0.25) is 5.91 Å². The van der Waals surface area contributed by atoms with Crippen LogP contribution in [0.3, 0.4) is 0 Å². The first-order valence-electron chi connectivity index (χ1n) is 6.44. The van der Waals surface area contributed by atoms with Crippen LogP contribution in [0, 0.1) is 5.92 Å². The fraction of sp³-hybridized carbons (Fsp3) is 0.500. The predicted molar refractivity (Wildman–Crippen MR) is 81.0 cm³/mol. The van der Waals surface area contributed by atoms with E-state index in [-0.39, 0.29) is 30.3 Å². The van der Waals surface area contributed by atoms with E-state index in [0.717, 1.165) is 31.0 Å². The van der Waals surface area contributed by atoms with Crippen molar-refractivity contribution < 1.29 is 4.79 Å². The molecule has 106 valence electrons. The van der Waals surface area contributed by atoms with Gasteiger partial charge in [-0.25, -0.2) is 0 Å². The van der Waals surface area contributed by atoms with Crippen LogP contribution in [0.5, 0.6) is 0 Å². The SMILES string of the molecule is CCC(Cc1ccc(Cl)cc1)NC(=O)C1CNC1.Cl. The molecule has 5 heteroatoms. The van der Waals surface area contributed by atoms with Gasteiger partial charge in [-0.3, -0.25) is 4.79 Å². The number of hydrogen-bond acceptors (Lipinski definition) is 2. The van der Waals surface area contributed by atoms with Gasteiger partial charge in [-0.05, 0) is 30.5 Å². The van der Waals surface area contributed by atoms with Gasteiger partial charge in [0, 0.05) is 24.2 Å². The fourth-order valence-corrected chi connectivity index (χ4v) is 2.12. The molecular weight excluding hydrogens is 283 g/mol. The van der Waals surface area contributed by atoms with Gasteiger partial charge >= 0.3 is 0 Å². The van der Waals surface area contributed by atoms with E-state index in [0.29, 0.717) is 0 Å². The topological polar surface area (TPSA) is 41.1 Å². The second kappa shape index (κ2) is 7.73. The largest absolute Gasteiger partial charge is 0.353 e. The summed E-state index contributed by atoms with van der Waals surface area (Å²) in [5.41, 5.74) is 1.21. The molecule has 1 saturated heterocycles. The summed E-state index contributed by atoms with van der Waals surface area (Å²) in [4.78, 5) is 11.9. The van der Waals surface area contributed by atoms with E-state index in [1.807, 2.05) is 24.3 Å². The normalized spacial score (nSPS) is 16.1. The molecule has 0 spiro atoms. The Labute approximate surface area is 125 Å². The van der Waals surface area contributed by atoms with E-state index in [2.05, 4.69) is 17.6 Å². The van der Waals surface area contributed by atoms with Crippen LogP contribution in [0.1, 0.15) is 18.9 Å². The van der Waals surface area contributed by atoms with Crippen LogP contribution in [-0.4, -0.2) is 25.0 Å². The summed E-state index contributed by atoms with van der Waals surface area (Å²) in [6.45, 7) is 3.71. The van der Waals surface area contributed by atoms with Crippen molar-refractivity contribution in [1.82, 2.24) is 10.6 Å². The minimum absolute atomic E-state index is 0. The molecule has 0 aromatic heterocycles. The Morgan fingerprint density at radius 1 is 1.42 bits per heavy atom. The Morgan fingerprint density at radius 2 is 2.05 bits per heavy atom. The maximum Gasteiger partial charge on any atom is 0.225 e. The Morgan fingerprint density at radius 3 is 2.53 bits per heavy atom. The summed E-state index contributed by atoms with van der Waals surface area (Å²) in [5.74, 6) is 0.332. The van der Waals surface area contributed by atoms with Gasteiger partial charge in [0.25, 0.3) is 0 Å². The van der Waals surface area contributed by atoms with Crippen LogP contribution in [0.15, 0.2) is 24.3 Å². The van der Waals surface area contributed by atoms with E-state index in [4.69, 9.17) is 11.6 Å². The molecule has 1 aliphatic heterocycles. The molecule has 1 aliphatic rings. The zero-order valence-electron chi connectivity index (χ0n) is 11.0. The van der Waals surface area contributed by atoms with Crippen LogP contribution in [0.4, 0.5) is 0 Å². The summed E-state index contributed by atoms with van der Waals surface area (Å²) >= 11 is 5.86. The molecule has 0 bridgehead atoms. The average Bonchev–Trinajstić information content (AvgIpc) is 2.28. The smallest absolute Gasteiger partial charge is 0.225 e. The lowest BCUT2D eigenvalue weighted by Gasteiger charge is -2.28. The molecule has 3 nitrogen and oxygen atoms in total. The molecule has 1 amide bonds. The Balaban J connectivity index is 0.00000180. The summed E-state index contributed by atoms with van der Waals surface area (Å²) in [7, 11) is 0. The number of rotatable bonds is 5. The van der Waals surface area contributed by atoms with Crippen molar-refractivity contribution in [2.24, 2.45) is 5.92 Å². The molecule has 0 saturated carbocycles. The van der Waals surface area contributed by atoms with E-state index < -0.39 is 0 Å². The summed E-state index contributed by atoms with van der Waals surface area (Å²) in [6.07, 6.45) is 1.80. The Bertz CT molecular complexity index is 404. The number of halogens is 2. The third kappa shape index (κ3) is 4.68. The van der Waals surface area contributed by atoms with Gasteiger partial charge in [-0.2, -0.15) is 0 Å². The predicted octanol–water partition coefficient (Wildman–Crippen LogP) is 2.42. The van der Waals surface area contributed by atoms with Gasteiger partial charge < -0.3 is 10.6 Å². The molecule has 2 rings (SSSR count). The Hall–Kier alpha value is -0.770. The van der Waals surface area contributed by atoms with E-state index in [1.165, 1.54) is 5.56 Å². The molecule has 1 fully saturated rings. The minimum atomic E-state index is 0. The third-order valence-electron chi connectivity index (χ3n) is 3.39. The zero-order chi connectivity index (χ0) is 13.0. The van der Waals surface area contributed by atoms with Crippen molar-refractivity contribution in [3.63, 3.8) is 0 Å². The van der Waals surface area contributed by atoms with E-state index >= 15 is 0 Å². The van der Waals surface area contributed by atoms with Crippen molar-refractivity contribution in [3.05, 3.63) is 34.9 Å². The number of benzene rings is 1. The summed E-state index contributed by atoms with van der Waals surface area (Å²) in [6, 6.07) is 8.02. The zero-order valence-corrected chi connectivity index (χ0v) is 12.6. The quantitative estimate of drug-likeness (QED) is 0.877. The van der Waals surface area contributed by atoms with Crippen LogP contribution in [0.25, 0.3) is 0 Å². The van der Waals surface area contributed by atoms with Crippen LogP contribution in [0.2, 0.25) is 5.02 Å². The molecule has 1 unspecified atom stereocenters. The second-order valence-electron chi connectivity index (χ2n) is 4.80.